The predicted octanol–water partition coefficient (Wildman–Crippen LogP) is -0.917. The third-order valence-electron chi connectivity index (χ3n) is 3.01. The molecule has 0 spiro atoms. The minimum Gasteiger partial charge on any atom is -0.396 e. The molecule has 1 saturated heterocycles. The zero-order valence-corrected chi connectivity index (χ0v) is 6.76. The van der Waals surface area contributed by atoms with Crippen LogP contribution in [0.5, 0.6) is 0 Å². The second kappa shape index (κ2) is 2.96. The molecule has 1 heterocycles. The molecule has 0 amide bonds. The monoisotopic (exact) mass is 174 g/mol. The van der Waals surface area contributed by atoms with Crippen LogP contribution in [-0.4, -0.2) is 40.4 Å². The molecule has 12 heavy (non-hydrogen) atoms. The highest BCUT2D eigenvalue weighted by molar-refractivity contribution is 4.95. The lowest BCUT2D eigenvalue weighted by molar-refractivity contribution is -0.0952. The summed E-state index contributed by atoms with van der Waals surface area (Å²) in [5, 5.41) is 27.6. The molecule has 4 nitrogen and oxygen atoms in total. The van der Waals surface area contributed by atoms with E-state index in [1.54, 1.807) is 0 Å². The smallest absolute Gasteiger partial charge is 0.155 e. The maximum absolute atomic E-state index is 9.46. The molecule has 5 atom stereocenters. The average Bonchev–Trinajstić information content (AvgIpc) is 2.43. The van der Waals surface area contributed by atoms with Crippen LogP contribution in [0.25, 0.3) is 0 Å². The summed E-state index contributed by atoms with van der Waals surface area (Å²) in [6.45, 7) is -0.0155. The first-order valence-corrected chi connectivity index (χ1v) is 4.35. The Morgan fingerprint density at radius 3 is 2.67 bits per heavy atom. The molecule has 0 aromatic carbocycles. The fraction of sp³-hybridized carbons (Fsp3) is 1.00. The van der Waals surface area contributed by atoms with E-state index in [9.17, 15) is 5.11 Å². The Bertz CT molecular complexity index is 172. The van der Waals surface area contributed by atoms with Crippen molar-refractivity contribution in [3.8, 4) is 0 Å². The molecule has 2 rings (SSSR count). The summed E-state index contributed by atoms with van der Waals surface area (Å²) in [5.41, 5.74) is 0. The molecule has 70 valence electrons. The Morgan fingerprint density at radius 2 is 2.00 bits per heavy atom. The Morgan fingerprint density at radius 1 is 1.25 bits per heavy atom. The van der Waals surface area contributed by atoms with Gasteiger partial charge in [0, 0.05) is 25.4 Å². The maximum atomic E-state index is 9.46. The molecule has 1 saturated carbocycles. The zero-order chi connectivity index (χ0) is 8.72. The summed E-state index contributed by atoms with van der Waals surface area (Å²) in [7, 11) is 0. The van der Waals surface area contributed by atoms with Gasteiger partial charge in [-0.1, -0.05) is 0 Å². The Kier molecular flexibility index (Phi) is 2.08. The van der Waals surface area contributed by atoms with Gasteiger partial charge in [0.05, 0.1) is 12.2 Å². The lowest BCUT2D eigenvalue weighted by Crippen LogP contribution is -2.23. The SMILES string of the molecule is OC[C@@H]1[C@H]2CC(O)O[C@H]2C[C@H]1O. The van der Waals surface area contributed by atoms with E-state index in [1.807, 2.05) is 0 Å². The van der Waals surface area contributed by atoms with Crippen molar-refractivity contribution < 1.29 is 20.1 Å². The van der Waals surface area contributed by atoms with Crippen LogP contribution in [0.3, 0.4) is 0 Å². The maximum Gasteiger partial charge on any atom is 0.155 e. The van der Waals surface area contributed by atoms with Crippen molar-refractivity contribution in [2.45, 2.75) is 31.3 Å². The van der Waals surface area contributed by atoms with Gasteiger partial charge in [-0.25, -0.2) is 0 Å². The Balaban J connectivity index is 2.06. The van der Waals surface area contributed by atoms with Gasteiger partial charge in [0.2, 0.25) is 0 Å². The highest BCUT2D eigenvalue weighted by Gasteiger charge is 2.48. The summed E-state index contributed by atoms with van der Waals surface area (Å²) < 4.78 is 5.17. The number of hydrogen-bond donors (Lipinski definition) is 3. The van der Waals surface area contributed by atoms with E-state index in [1.165, 1.54) is 0 Å². The molecule has 0 bridgehead atoms. The van der Waals surface area contributed by atoms with Crippen LogP contribution in [0.1, 0.15) is 12.8 Å². The number of rotatable bonds is 1. The van der Waals surface area contributed by atoms with Gasteiger partial charge in [-0.05, 0) is 5.92 Å². The van der Waals surface area contributed by atoms with Gasteiger partial charge in [0.1, 0.15) is 0 Å². The van der Waals surface area contributed by atoms with E-state index in [0.29, 0.717) is 12.8 Å². The molecule has 2 aliphatic rings. The van der Waals surface area contributed by atoms with Crippen molar-refractivity contribution in [2.75, 3.05) is 6.61 Å². The number of hydrogen-bond acceptors (Lipinski definition) is 4. The molecular formula is C8H14O4. The summed E-state index contributed by atoms with van der Waals surface area (Å²) >= 11 is 0. The molecule has 3 N–H and O–H groups in total. The van der Waals surface area contributed by atoms with Crippen LogP contribution < -0.4 is 0 Å². The molecule has 1 aliphatic heterocycles. The van der Waals surface area contributed by atoms with Gasteiger partial charge < -0.3 is 20.1 Å². The lowest BCUT2D eigenvalue weighted by Gasteiger charge is -2.16. The summed E-state index contributed by atoms with van der Waals surface area (Å²) in [4.78, 5) is 0. The molecule has 0 radical (unpaired) electrons. The van der Waals surface area contributed by atoms with Crippen LogP contribution in [0.15, 0.2) is 0 Å². The van der Waals surface area contributed by atoms with Crippen LogP contribution in [-0.2, 0) is 4.74 Å². The van der Waals surface area contributed by atoms with E-state index >= 15 is 0 Å². The Hall–Kier alpha value is -0.160. The highest BCUT2D eigenvalue weighted by Crippen LogP contribution is 2.42. The highest BCUT2D eigenvalue weighted by atomic mass is 16.6. The van der Waals surface area contributed by atoms with Crippen LogP contribution in [0, 0.1) is 11.8 Å². The molecule has 0 aromatic heterocycles. The number of ether oxygens (including phenoxy) is 1. The fourth-order valence-electron chi connectivity index (χ4n) is 2.38. The fourth-order valence-corrected chi connectivity index (χ4v) is 2.38. The molecule has 2 fully saturated rings. The Labute approximate surface area is 70.8 Å². The molecule has 1 unspecified atom stereocenters. The molecule has 1 aliphatic carbocycles. The van der Waals surface area contributed by atoms with Gasteiger partial charge in [-0.2, -0.15) is 0 Å². The van der Waals surface area contributed by atoms with Gasteiger partial charge in [-0.15, -0.1) is 0 Å². The normalized spacial score (nSPS) is 52.8. The van der Waals surface area contributed by atoms with Crippen LogP contribution >= 0.6 is 0 Å². The molecular weight excluding hydrogens is 160 g/mol. The first-order chi connectivity index (χ1) is 5.72. The number of aliphatic hydroxyl groups excluding tert-OH is 3. The van der Waals surface area contributed by atoms with Crippen LogP contribution in [0.4, 0.5) is 0 Å². The second-order valence-corrected chi connectivity index (χ2v) is 3.68. The predicted molar refractivity (Wildman–Crippen MR) is 40.2 cm³/mol. The summed E-state index contributed by atoms with van der Waals surface area (Å²) in [6, 6.07) is 0. The van der Waals surface area contributed by atoms with E-state index in [4.69, 9.17) is 14.9 Å². The number of fused-ring (bicyclic) bond motifs is 1. The van der Waals surface area contributed by atoms with Gasteiger partial charge >= 0.3 is 0 Å². The third-order valence-corrected chi connectivity index (χ3v) is 3.01. The van der Waals surface area contributed by atoms with Crippen molar-refractivity contribution >= 4 is 0 Å². The minimum atomic E-state index is -0.693. The van der Waals surface area contributed by atoms with Crippen molar-refractivity contribution in [3.05, 3.63) is 0 Å². The largest absolute Gasteiger partial charge is 0.396 e. The van der Waals surface area contributed by atoms with Crippen molar-refractivity contribution in [3.63, 3.8) is 0 Å². The van der Waals surface area contributed by atoms with Crippen molar-refractivity contribution in [2.24, 2.45) is 11.8 Å². The zero-order valence-electron chi connectivity index (χ0n) is 6.76. The standard InChI is InChI=1S/C8H14O4/c9-3-5-4-1-8(11)12-7(4)2-6(5)10/h4-11H,1-3H2/t4-,5-,6-,7+,8?/m1/s1. The van der Waals surface area contributed by atoms with Gasteiger partial charge in [0.25, 0.3) is 0 Å². The van der Waals surface area contributed by atoms with Gasteiger partial charge in [0.15, 0.2) is 6.29 Å². The minimum absolute atomic E-state index is 0.0155. The van der Waals surface area contributed by atoms with E-state index in [0.717, 1.165) is 0 Å². The van der Waals surface area contributed by atoms with E-state index < -0.39 is 12.4 Å². The third kappa shape index (κ3) is 1.15. The van der Waals surface area contributed by atoms with E-state index in [-0.39, 0.29) is 24.5 Å². The van der Waals surface area contributed by atoms with Gasteiger partial charge in [-0.3, -0.25) is 0 Å². The first-order valence-electron chi connectivity index (χ1n) is 4.35. The van der Waals surface area contributed by atoms with Crippen LogP contribution in [0.2, 0.25) is 0 Å². The average molecular weight is 174 g/mol. The van der Waals surface area contributed by atoms with Crippen molar-refractivity contribution in [1.82, 2.24) is 0 Å². The quantitative estimate of drug-likeness (QED) is 0.481. The summed E-state index contributed by atoms with van der Waals surface area (Å²) in [5.74, 6) is 0.0344. The number of aliphatic hydroxyl groups is 3. The molecule has 4 heteroatoms. The summed E-state index contributed by atoms with van der Waals surface area (Å²) in [6.07, 6.45) is -0.105. The van der Waals surface area contributed by atoms with Crippen molar-refractivity contribution in [1.29, 1.82) is 0 Å². The topological polar surface area (TPSA) is 69.9 Å². The lowest BCUT2D eigenvalue weighted by atomic mass is 9.93. The van der Waals surface area contributed by atoms with E-state index in [2.05, 4.69) is 0 Å². The molecule has 0 aromatic rings. The first kappa shape index (κ1) is 8.44. The second-order valence-electron chi connectivity index (χ2n) is 3.68.